The molecule has 0 radical (unpaired) electrons. The fourth-order valence-corrected chi connectivity index (χ4v) is 1.62. The molecular weight excluding hydrogens is 272 g/mol. The molecule has 116 valence electrons. The van der Waals surface area contributed by atoms with Crippen molar-refractivity contribution in [2.75, 3.05) is 19.8 Å². The van der Waals surface area contributed by atoms with Gasteiger partial charge in [0.05, 0.1) is 19.8 Å². The van der Waals surface area contributed by atoms with E-state index in [1.165, 1.54) is 6.07 Å². The number of esters is 1. The zero-order valence-corrected chi connectivity index (χ0v) is 12.8. The van der Waals surface area contributed by atoms with Crippen LogP contribution in [0, 0.1) is 0 Å². The maximum Gasteiger partial charge on any atom is 0.379 e. The van der Waals surface area contributed by atoms with Crippen molar-refractivity contribution < 1.29 is 23.8 Å². The minimum Gasteiger partial charge on any atom is -0.490 e. The van der Waals surface area contributed by atoms with Gasteiger partial charge in [-0.25, -0.2) is 4.79 Å². The Kier molecular flexibility index (Phi) is 7.29. The number of Topliss-reactive ketones (excluding diaryl/α,β-unsaturated/α-hetero) is 1. The first-order valence-corrected chi connectivity index (χ1v) is 7.25. The van der Waals surface area contributed by atoms with Gasteiger partial charge in [0.2, 0.25) is 0 Å². The lowest BCUT2D eigenvalue weighted by Crippen LogP contribution is -2.17. The van der Waals surface area contributed by atoms with Crippen LogP contribution in [0.1, 0.15) is 44.0 Å². The Morgan fingerprint density at radius 3 is 2.14 bits per heavy atom. The van der Waals surface area contributed by atoms with Crippen molar-refractivity contribution in [2.24, 2.45) is 0 Å². The molecule has 0 heterocycles. The van der Waals surface area contributed by atoms with Crippen molar-refractivity contribution in [3.05, 3.63) is 23.8 Å². The molecule has 0 aliphatic carbocycles. The Bertz CT molecular complexity index is 482. The number of hydrogen-bond donors (Lipinski definition) is 0. The van der Waals surface area contributed by atoms with Crippen LogP contribution in [0.3, 0.4) is 0 Å². The predicted molar refractivity (Wildman–Crippen MR) is 79.0 cm³/mol. The maximum atomic E-state index is 11.9. The summed E-state index contributed by atoms with van der Waals surface area (Å²) in [6.45, 7) is 6.89. The summed E-state index contributed by atoms with van der Waals surface area (Å²) in [6, 6.07) is 4.72. The Morgan fingerprint density at radius 2 is 1.57 bits per heavy atom. The standard InChI is InChI=1S/C16H22O5/c1-4-9-20-13-8-7-12(11-14(13)21-10-5-2)15(17)16(18)19-6-3/h7-8,11H,4-6,9-10H2,1-3H3. The summed E-state index contributed by atoms with van der Waals surface area (Å²) in [4.78, 5) is 23.4. The number of ether oxygens (including phenoxy) is 3. The van der Waals surface area contributed by atoms with Crippen LogP contribution >= 0.6 is 0 Å². The minimum atomic E-state index is -0.860. The van der Waals surface area contributed by atoms with Gasteiger partial charge in [0.25, 0.3) is 5.78 Å². The zero-order chi connectivity index (χ0) is 15.7. The van der Waals surface area contributed by atoms with E-state index in [-0.39, 0.29) is 12.2 Å². The molecule has 0 spiro atoms. The third-order valence-corrected chi connectivity index (χ3v) is 2.59. The lowest BCUT2D eigenvalue weighted by atomic mass is 10.1. The highest BCUT2D eigenvalue weighted by molar-refractivity contribution is 6.40. The smallest absolute Gasteiger partial charge is 0.379 e. The quantitative estimate of drug-likeness (QED) is 0.398. The van der Waals surface area contributed by atoms with Crippen molar-refractivity contribution in [3.8, 4) is 11.5 Å². The highest BCUT2D eigenvalue weighted by atomic mass is 16.5. The SMILES string of the molecule is CCCOc1ccc(C(=O)C(=O)OCC)cc1OCCC. The monoisotopic (exact) mass is 294 g/mol. The third kappa shape index (κ3) is 5.10. The molecule has 0 bridgehead atoms. The van der Waals surface area contributed by atoms with E-state index in [4.69, 9.17) is 14.2 Å². The van der Waals surface area contributed by atoms with Gasteiger partial charge >= 0.3 is 5.97 Å². The minimum absolute atomic E-state index is 0.168. The molecule has 0 atom stereocenters. The highest BCUT2D eigenvalue weighted by Crippen LogP contribution is 2.29. The molecule has 0 fully saturated rings. The van der Waals surface area contributed by atoms with Crippen LogP contribution in [0.2, 0.25) is 0 Å². The van der Waals surface area contributed by atoms with Gasteiger partial charge in [0.1, 0.15) is 0 Å². The summed E-state index contributed by atoms with van der Waals surface area (Å²) in [6.07, 6.45) is 1.71. The predicted octanol–water partition coefficient (Wildman–Crippen LogP) is 3.01. The number of carbonyl (C=O) groups excluding carboxylic acids is 2. The van der Waals surface area contributed by atoms with E-state index in [9.17, 15) is 9.59 Å². The van der Waals surface area contributed by atoms with Crippen molar-refractivity contribution in [1.82, 2.24) is 0 Å². The highest BCUT2D eigenvalue weighted by Gasteiger charge is 2.19. The Labute approximate surface area is 125 Å². The first-order chi connectivity index (χ1) is 10.1. The fourth-order valence-electron chi connectivity index (χ4n) is 1.62. The van der Waals surface area contributed by atoms with Crippen molar-refractivity contribution >= 4 is 11.8 Å². The van der Waals surface area contributed by atoms with Crippen LogP contribution in [0.5, 0.6) is 11.5 Å². The molecule has 1 rings (SSSR count). The molecular formula is C16H22O5. The molecule has 0 N–H and O–H groups in total. The van der Waals surface area contributed by atoms with Gasteiger partial charge in [-0.1, -0.05) is 13.8 Å². The Hall–Kier alpha value is -2.04. The Balaban J connectivity index is 2.96. The topological polar surface area (TPSA) is 61.8 Å². The lowest BCUT2D eigenvalue weighted by Gasteiger charge is -2.13. The van der Waals surface area contributed by atoms with Crippen LogP contribution in [-0.2, 0) is 9.53 Å². The molecule has 0 saturated heterocycles. The molecule has 0 amide bonds. The summed E-state index contributed by atoms with van der Waals surface area (Å²) in [7, 11) is 0. The molecule has 0 unspecified atom stereocenters. The summed E-state index contributed by atoms with van der Waals surface area (Å²) < 4.78 is 15.9. The van der Waals surface area contributed by atoms with Gasteiger partial charge in [-0.15, -0.1) is 0 Å². The van der Waals surface area contributed by atoms with E-state index in [2.05, 4.69) is 0 Å². The van der Waals surface area contributed by atoms with Gasteiger partial charge < -0.3 is 14.2 Å². The molecule has 5 nitrogen and oxygen atoms in total. The number of rotatable bonds is 9. The Morgan fingerprint density at radius 1 is 0.952 bits per heavy atom. The summed E-state index contributed by atoms with van der Waals surface area (Å²) in [5.41, 5.74) is 0.239. The number of carbonyl (C=O) groups is 2. The molecule has 0 aliphatic rings. The molecule has 0 saturated carbocycles. The van der Waals surface area contributed by atoms with E-state index < -0.39 is 11.8 Å². The third-order valence-electron chi connectivity index (χ3n) is 2.59. The normalized spacial score (nSPS) is 10.0. The molecule has 1 aromatic rings. The zero-order valence-electron chi connectivity index (χ0n) is 12.8. The van der Waals surface area contributed by atoms with Crippen molar-refractivity contribution in [3.63, 3.8) is 0 Å². The van der Waals surface area contributed by atoms with Crippen LogP contribution in [0.4, 0.5) is 0 Å². The molecule has 1 aromatic carbocycles. The van der Waals surface area contributed by atoms with Crippen LogP contribution in [-0.4, -0.2) is 31.6 Å². The number of hydrogen-bond acceptors (Lipinski definition) is 5. The number of benzene rings is 1. The number of ketones is 1. The maximum absolute atomic E-state index is 11.9. The average Bonchev–Trinajstić information content (AvgIpc) is 2.50. The molecule has 21 heavy (non-hydrogen) atoms. The van der Waals surface area contributed by atoms with Gasteiger partial charge in [-0.05, 0) is 38.0 Å². The average molecular weight is 294 g/mol. The first kappa shape index (κ1) is 17.0. The second-order valence-electron chi connectivity index (χ2n) is 4.41. The van der Waals surface area contributed by atoms with Crippen molar-refractivity contribution in [1.29, 1.82) is 0 Å². The second-order valence-corrected chi connectivity index (χ2v) is 4.41. The van der Waals surface area contributed by atoms with Gasteiger partial charge in [-0.2, -0.15) is 0 Å². The molecule has 0 aromatic heterocycles. The van der Waals surface area contributed by atoms with Gasteiger partial charge in [0, 0.05) is 5.56 Å². The summed E-state index contributed by atoms with van der Waals surface area (Å²) in [5, 5.41) is 0. The van der Waals surface area contributed by atoms with Crippen LogP contribution in [0.15, 0.2) is 18.2 Å². The van der Waals surface area contributed by atoms with E-state index in [1.54, 1.807) is 19.1 Å². The lowest BCUT2D eigenvalue weighted by molar-refractivity contribution is -0.137. The summed E-state index contributed by atoms with van der Waals surface area (Å²) in [5.74, 6) is -0.493. The van der Waals surface area contributed by atoms with E-state index in [0.717, 1.165) is 12.8 Å². The largest absolute Gasteiger partial charge is 0.490 e. The van der Waals surface area contributed by atoms with Crippen molar-refractivity contribution in [2.45, 2.75) is 33.6 Å². The molecule has 0 aliphatic heterocycles. The van der Waals surface area contributed by atoms with Gasteiger partial charge in [-0.3, -0.25) is 4.79 Å². The molecule has 5 heteroatoms. The van der Waals surface area contributed by atoms with Crippen LogP contribution < -0.4 is 9.47 Å². The first-order valence-electron chi connectivity index (χ1n) is 7.25. The summed E-state index contributed by atoms with van der Waals surface area (Å²) >= 11 is 0. The van der Waals surface area contributed by atoms with E-state index in [0.29, 0.717) is 24.7 Å². The second kappa shape index (κ2) is 9.00. The van der Waals surface area contributed by atoms with Gasteiger partial charge in [0.15, 0.2) is 11.5 Å². The van der Waals surface area contributed by atoms with E-state index in [1.807, 2.05) is 13.8 Å². The van der Waals surface area contributed by atoms with E-state index >= 15 is 0 Å². The van der Waals surface area contributed by atoms with Crippen LogP contribution in [0.25, 0.3) is 0 Å². The fraction of sp³-hybridized carbons (Fsp3) is 0.500.